The second-order valence-electron chi connectivity index (χ2n) is 4.06. The molecule has 1 aromatic carbocycles. The van der Waals surface area contributed by atoms with Gasteiger partial charge in [0.25, 0.3) is 5.91 Å². The summed E-state index contributed by atoms with van der Waals surface area (Å²) in [5, 5.41) is 2.88. The van der Waals surface area contributed by atoms with Gasteiger partial charge < -0.3 is 10.1 Å². The van der Waals surface area contributed by atoms with E-state index >= 15 is 0 Å². The van der Waals surface area contributed by atoms with Crippen molar-refractivity contribution >= 4 is 21.8 Å². The summed E-state index contributed by atoms with van der Waals surface area (Å²) in [5.41, 5.74) is 0.671. The first-order valence-corrected chi connectivity index (χ1v) is 7.15. The lowest BCUT2D eigenvalue weighted by atomic mass is 10.2. The van der Waals surface area contributed by atoms with Crippen molar-refractivity contribution in [3.05, 3.63) is 34.3 Å². The van der Waals surface area contributed by atoms with Crippen molar-refractivity contribution in [1.82, 2.24) is 5.32 Å². The van der Waals surface area contributed by atoms with Crippen LogP contribution in [0, 0.1) is 0 Å². The molecule has 1 aromatic rings. The maximum absolute atomic E-state index is 11.8. The Morgan fingerprint density at radius 1 is 1.28 bits per heavy atom. The number of rotatable bonds is 8. The fraction of sp³-hybridized carbons (Fsp3) is 0.500. The van der Waals surface area contributed by atoms with Crippen LogP contribution in [-0.2, 0) is 4.74 Å². The third-order valence-corrected chi connectivity index (χ3v) is 3.20. The van der Waals surface area contributed by atoms with E-state index in [9.17, 15) is 4.79 Å². The predicted octanol–water partition coefficient (Wildman–Crippen LogP) is 3.39. The van der Waals surface area contributed by atoms with Crippen LogP contribution in [0.4, 0.5) is 0 Å². The zero-order valence-corrected chi connectivity index (χ0v) is 12.3. The smallest absolute Gasteiger partial charge is 0.252 e. The molecule has 1 rings (SSSR count). The van der Waals surface area contributed by atoms with E-state index in [4.69, 9.17) is 4.74 Å². The number of amides is 1. The van der Waals surface area contributed by atoms with Crippen LogP contribution in [-0.4, -0.2) is 25.7 Å². The van der Waals surface area contributed by atoms with Gasteiger partial charge in [0.2, 0.25) is 0 Å². The van der Waals surface area contributed by atoms with Gasteiger partial charge in [0, 0.05) is 24.2 Å². The Labute approximate surface area is 117 Å². The number of nitrogens with one attached hydrogen (secondary N) is 1. The van der Waals surface area contributed by atoms with E-state index < -0.39 is 0 Å². The van der Waals surface area contributed by atoms with Gasteiger partial charge in [-0.2, -0.15) is 0 Å². The number of hydrogen-bond donors (Lipinski definition) is 1. The third-order valence-electron chi connectivity index (χ3n) is 2.51. The molecule has 0 heterocycles. The number of ether oxygens (including phenoxy) is 1. The average molecular weight is 314 g/mol. The molecule has 0 unspecified atom stereocenters. The monoisotopic (exact) mass is 313 g/mol. The normalized spacial score (nSPS) is 10.3. The van der Waals surface area contributed by atoms with E-state index in [1.165, 1.54) is 0 Å². The van der Waals surface area contributed by atoms with E-state index in [1.54, 1.807) is 6.07 Å². The van der Waals surface area contributed by atoms with Gasteiger partial charge in [0.1, 0.15) is 0 Å². The molecule has 1 amide bonds. The first kappa shape index (κ1) is 15.2. The zero-order chi connectivity index (χ0) is 13.2. The molecule has 100 valence electrons. The third kappa shape index (κ3) is 5.65. The van der Waals surface area contributed by atoms with Crippen LogP contribution in [0.15, 0.2) is 28.7 Å². The van der Waals surface area contributed by atoms with Crippen LogP contribution in [0.25, 0.3) is 0 Å². The van der Waals surface area contributed by atoms with Crippen LogP contribution < -0.4 is 5.32 Å². The molecule has 0 fully saturated rings. The molecule has 0 saturated heterocycles. The van der Waals surface area contributed by atoms with Crippen molar-refractivity contribution in [2.24, 2.45) is 0 Å². The van der Waals surface area contributed by atoms with Crippen molar-refractivity contribution in [3.63, 3.8) is 0 Å². The molecule has 0 aliphatic heterocycles. The summed E-state index contributed by atoms with van der Waals surface area (Å²) in [6, 6.07) is 7.41. The molecule has 3 nitrogen and oxygen atoms in total. The molecule has 18 heavy (non-hydrogen) atoms. The Bertz CT molecular complexity index is 369. The number of carbonyl (C=O) groups excluding carboxylic acids is 1. The standard InChI is InChI=1S/C14H20BrNO2/c1-2-3-10-18-11-6-9-16-14(17)12-7-4-5-8-13(12)15/h4-5,7-8H,2-3,6,9-11H2,1H3,(H,16,17). The SMILES string of the molecule is CCCCOCCCNC(=O)c1ccccc1Br. The second-order valence-corrected chi connectivity index (χ2v) is 4.91. The summed E-state index contributed by atoms with van der Waals surface area (Å²) in [5.74, 6) is -0.0453. The lowest BCUT2D eigenvalue weighted by Crippen LogP contribution is -2.25. The molecule has 1 N–H and O–H groups in total. The molecule has 0 aliphatic carbocycles. The van der Waals surface area contributed by atoms with Crippen LogP contribution in [0.2, 0.25) is 0 Å². The van der Waals surface area contributed by atoms with Crippen LogP contribution in [0.1, 0.15) is 36.5 Å². The van der Waals surface area contributed by atoms with Gasteiger partial charge in [-0.05, 0) is 40.9 Å². The fourth-order valence-corrected chi connectivity index (χ4v) is 1.93. The molecule has 0 aromatic heterocycles. The maximum Gasteiger partial charge on any atom is 0.252 e. The average Bonchev–Trinajstić information content (AvgIpc) is 2.38. The maximum atomic E-state index is 11.8. The Morgan fingerprint density at radius 3 is 2.72 bits per heavy atom. The van der Waals surface area contributed by atoms with Crippen molar-refractivity contribution in [3.8, 4) is 0 Å². The molecule has 4 heteroatoms. The lowest BCUT2D eigenvalue weighted by molar-refractivity contribution is 0.0939. The summed E-state index contributed by atoms with van der Waals surface area (Å²) < 4.78 is 6.25. The van der Waals surface area contributed by atoms with Gasteiger partial charge in [0.05, 0.1) is 5.56 Å². The molecule has 0 saturated carbocycles. The quantitative estimate of drug-likeness (QED) is 0.747. The van der Waals surface area contributed by atoms with Gasteiger partial charge in [-0.3, -0.25) is 4.79 Å². The Balaban J connectivity index is 2.16. The summed E-state index contributed by atoms with van der Waals surface area (Å²) in [4.78, 5) is 11.8. The van der Waals surface area contributed by atoms with Gasteiger partial charge in [-0.15, -0.1) is 0 Å². The Hall–Kier alpha value is -0.870. The van der Waals surface area contributed by atoms with Gasteiger partial charge >= 0.3 is 0 Å². The topological polar surface area (TPSA) is 38.3 Å². The van der Waals surface area contributed by atoms with Crippen molar-refractivity contribution in [1.29, 1.82) is 0 Å². The Morgan fingerprint density at radius 2 is 2.00 bits per heavy atom. The molecule has 0 bridgehead atoms. The first-order chi connectivity index (χ1) is 8.75. The highest BCUT2D eigenvalue weighted by Crippen LogP contribution is 2.15. The lowest BCUT2D eigenvalue weighted by Gasteiger charge is -2.07. The van der Waals surface area contributed by atoms with Crippen LogP contribution >= 0.6 is 15.9 Å². The molecule has 0 aliphatic rings. The summed E-state index contributed by atoms with van der Waals surface area (Å²) in [6.45, 7) is 4.30. The van der Waals surface area contributed by atoms with Crippen molar-refractivity contribution < 1.29 is 9.53 Å². The highest BCUT2D eigenvalue weighted by molar-refractivity contribution is 9.10. The number of hydrogen-bond acceptors (Lipinski definition) is 2. The molecular weight excluding hydrogens is 294 g/mol. The van der Waals surface area contributed by atoms with E-state index in [-0.39, 0.29) is 5.91 Å². The largest absolute Gasteiger partial charge is 0.381 e. The number of unbranched alkanes of at least 4 members (excludes halogenated alkanes) is 1. The minimum Gasteiger partial charge on any atom is -0.381 e. The molecule has 0 radical (unpaired) electrons. The first-order valence-electron chi connectivity index (χ1n) is 6.36. The Kier molecular flexibility index (Phi) is 7.69. The minimum absolute atomic E-state index is 0.0453. The number of carbonyl (C=O) groups is 1. The number of benzene rings is 1. The van der Waals surface area contributed by atoms with E-state index in [0.717, 1.165) is 30.3 Å². The van der Waals surface area contributed by atoms with E-state index in [0.29, 0.717) is 18.7 Å². The van der Waals surface area contributed by atoms with Gasteiger partial charge in [-0.25, -0.2) is 0 Å². The summed E-state index contributed by atoms with van der Waals surface area (Å²) in [6.07, 6.45) is 3.10. The summed E-state index contributed by atoms with van der Waals surface area (Å²) >= 11 is 3.36. The van der Waals surface area contributed by atoms with Crippen molar-refractivity contribution in [2.75, 3.05) is 19.8 Å². The minimum atomic E-state index is -0.0453. The van der Waals surface area contributed by atoms with E-state index in [1.807, 2.05) is 18.2 Å². The van der Waals surface area contributed by atoms with Gasteiger partial charge in [0.15, 0.2) is 0 Å². The predicted molar refractivity (Wildman–Crippen MR) is 76.8 cm³/mol. The second kappa shape index (κ2) is 9.11. The van der Waals surface area contributed by atoms with E-state index in [2.05, 4.69) is 28.2 Å². The van der Waals surface area contributed by atoms with Crippen LogP contribution in [0.3, 0.4) is 0 Å². The molecular formula is C14H20BrNO2. The fourth-order valence-electron chi connectivity index (χ4n) is 1.47. The molecule has 0 spiro atoms. The summed E-state index contributed by atoms with van der Waals surface area (Å²) in [7, 11) is 0. The van der Waals surface area contributed by atoms with Gasteiger partial charge in [-0.1, -0.05) is 25.5 Å². The highest BCUT2D eigenvalue weighted by Gasteiger charge is 2.07. The zero-order valence-electron chi connectivity index (χ0n) is 10.7. The highest BCUT2D eigenvalue weighted by atomic mass is 79.9. The molecule has 0 atom stereocenters. The van der Waals surface area contributed by atoms with Crippen molar-refractivity contribution in [2.45, 2.75) is 26.2 Å². The van der Waals surface area contributed by atoms with Crippen LogP contribution in [0.5, 0.6) is 0 Å². The number of halogens is 1.